The molecule has 1 aromatic heterocycles. The van der Waals surface area contributed by atoms with E-state index in [1.807, 2.05) is 6.20 Å². The molecule has 2 nitrogen and oxygen atoms in total. The maximum absolute atomic E-state index is 5.63. The van der Waals surface area contributed by atoms with Gasteiger partial charge in [-0.15, -0.1) is 0 Å². The van der Waals surface area contributed by atoms with Gasteiger partial charge in [-0.3, -0.25) is 0 Å². The summed E-state index contributed by atoms with van der Waals surface area (Å²) in [6, 6.07) is 6.49. The summed E-state index contributed by atoms with van der Waals surface area (Å²) in [6.45, 7) is 2.77. The van der Waals surface area contributed by atoms with Crippen LogP contribution in [-0.4, -0.2) is 4.98 Å². The molecule has 2 heteroatoms. The summed E-state index contributed by atoms with van der Waals surface area (Å²) in [5, 5.41) is 1.27. The summed E-state index contributed by atoms with van der Waals surface area (Å²) in [6.07, 6.45) is 3.06. The van der Waals surface area contributed by atoms with E-state index in [1.165, 1.54) is 22.0 Å². The molecular formula is C11H14N2. The van der Waals surface area contributed by atoms with Crippen LogP contribution in [0, 0.1) is 0 Å². The Morgan fingerprint density at radius 1 is 1.38 bits per heavy atom. The number of benzene rings is 1. The number of hydrogen-bond donors (Lipinski definition) is 2. The van der Waals surface area contributed by atoms with Crippen LogP contribution in [0.15, 0.2) is 24.4 Å². The van der Waals surface area contributed by atoms with Crippen molar-refractivity contribution >= 4 is 10.9 Å². The third-order valence-corrected chi connectivity index (χ3v) is 2.46. The Morgan fingerprint density at radius 2 is 2.23 bits per heavy atom. The van der Waals surface area contributed by atoms with E-state index in [2.05, 4.69) is 30.1 Å². The van der Waals surface area contributed by atoms with E-state index in [0.29, 0.717) is 6.54 Å². The highest BCUT2D eigenvalue weighted by Gasteiger charge is 2.01. The van der Waals surface area contributed by atoms with Crippen molar-refractivity contribution in [2.45, 2.75) is 19.9 Å². The van der Waals surface area contributed by atoms with Gasteiger partial charge in [-0.2, -0.15) is 0 Å². The minimum absolute atomic E-state index is 0.604. The molecule has 0 aliphatic carbocycles. The average molecular weight is 174 g/mol. The zero-order chi connectivity index (χ0) is 9.26. The Morgan fingerprint density at radius 3 is 2.92 bits per heavy atom. The van der Waals surface area contributed by atoms with Crippen molar-refractivity contribution < 1.29 is 0 Å². The number of rotatable bonds is 2. The fraction of sp³-hybridized carbons (Fsp3) is 0.273. The number of fused-ring (bicyclic) bond motifs is 1. The number of aromatic nitrogens is 1. The molecule has 1 heterocycles. The fourth-order valence-corrected chi connectivity index (χ4v) is 1.61. The second-order valence-corrected chi connectivity index (χ2v) is 3.25. The zero-order valence-corrected chi connectivity index (χ0v) is 7.80. The van der Waals surface area contributed by atoms with E-state index in [1.54, 1.807) is 0 Å². The van der Waals surface area contributed by atoms with Crippen LogP contribution in [0.1, 0.15) is 18.1 Å². The summed E-state index contributed by atoms with van der Waals surface area (Å²) in [5.74, 6) is 0. The minimum atomic E-state index is 0.604. The highest BCUT2D eigenvalue weighted by molar-refractivity contribution is 5.83. The van der Waals surface area contributed by atoms with Crippen LogP contribution in [-0.2, 0) is 13.0 Å². The molecule has 0 bridgehead atoms. The lowest BCUT2D eigenvalue weighted by Gasteiger charge is -1.98. The largest absolute Gasteiger partial charge is 0.361 e. The van der Waals surface area contributed by atoms with Crippen LogP contribution in [0.2, 0.25) is 0 Å². The number of nitrogens with two attached hydrogens (primary N) is 1. The number of aryl methyl sites for hydroxylation is 1. The Hall–Kier alpha value is -1.28. The molecule has 2 rings (SSSR count). The number of H-pyrrole nitrogens is 1. The molecule has 0 saturated heterocycles. The van der Waals surface area contributed by atoms with Crippen molar-refractivity contribution in [1.29, 1.82) is 0 Å². The Bertz CT molecular complexity index is 415. The summed E-state index contributed by atoms with van der Waals surface area (Å²) in [7, 11) is 0. The molecule has 68 valence electrons. The molecule has 0 saturated carbocycles. The van der Waals surface area contributed by atoms with Gasteiger partial charge in [0.1, 0.15) is 0 Å². The normalized spacial score (nSPS) is 10.9. The third kappa shape index (κ3) is 1.33. The third-order valence-electron chi connectivity index (χ3n) is 2.46. The summed E-state index contributed by atoms with van der Waals surface area (Å²) < 4.78 is 0. The molecule has 2 aromatic rings. The standard InChI is InChI=1S/C11H14N2/c1-2-8-3-4-11-10(5-8)9(6-12)7-13-11/h3-5,7,13H,2,6,12H2,1H3. The van der Waals surface area contributed by atoms with E-state index in [4.69, 9.17) is 5.73 Å². The van der Waals surface area contributed by atoms with E-state index in [9.17, 15) is 0 Å². The molecule has 0 spiro atoms. The Balaban J connectivity index is 2.64. The van der Waals surface area contributed by atoms with Crippen molar-refractivity contribution in [1.82, 2.24) is 4.98 Å². The van der Waals surface area contributed by atoms with E-state index < -0.39 is 0 Å². The van der Waals surface area contributed by atoms with Crippen LogP contribution in [0.3, 0.4) is 0 Å². The van der Waals surface area contributed by atoms with Gasteiger partial charge in [0.15, 0.2) is 0 Å². The topological polar surface area (TPSA) is 41.8 Å². The van der Waals surface area contributed by atoms with Crippen LogP contribution in [0.5, 0.6) is 0 Å². The molecule has 0 unspecified atom stereocenters. The van der Waals surface area contributed by atoms with E-state index in [0.717, 1.165) is 6.42 Å². The quantitative estimate of drug-likeness (QED) is 0.720. The van der Waals surface area contributed by atoms with Crippen molar-refractivity contribution in [2.24, 2.45) is 5.73 Å². The van der Waals surface area contributed by atoms with Gasteiger partial charge in [0.05, 0.1) is 0 Å². The van der Waals surface area contributed by atoms with Gasteiger partial charge in [0.2, 0.25) is 0 Å². The van der Waals surface area contributed by atoms with Gasteiger partial charge in [-0.25, -0.2) is 0 Å². The Kier molecular flexibility index (Phi) is 2.07. The molecule has 13 heavy (non-hydrogen) atoms. The summed E-state index contributed by atoms with van der Waals surface area (Å²) in [5.41, 5.74) is 9.37. The van der Waals surface area contributed by atoms with Crippen molar-refractivity contribution in [3.63, 3.8) is 0 Å². The first-order valence-corrected chi connectivity index (χ1v) is 4.64. The summed E-state index contributed by atoms with van der Waals surface area (Å²) >= 11 is 0. The number of hydrogen-bond acceptors (Lipinski definition) is 1. The average Bonchev–Trinajstić information content (AvgIpc) is 2.59. The predicted molar refractivity (Wildman–Crippen MR) is 55.6 cm³/mol. The monoisotopic (exact) mass is 174 g/mol. The minimum Gasteiger partial charge on any atom is -0.361 e. The molecular weight excluding hydrogens is 160 g/mol. The molecule has 0 amide bonds. The van der Waals surface area contributed by atoms with Crippen LogP contribution < -0.4 is 5.73 Å². The molecule has 0 fully saturated rings. The van der Waals surface area contributed by atoms with Crippen molar-refractivity contribution in [3.05, 3.63) is 35.5 Å². The number of nitrogens with one attached hydrogen (secondary N) is 1. The molecule has 0 aliphatic heterocycles. The summed E-state index contributed by atoms with van der Waals surface area (Å²) in [4.78, 5) is 3.21. The van der Waals surface area contributed by atoms with E-state index >= 15 is 0 Å². The maximum Gasteiger partial charge on any atom is 0.0457 e. The maximum atomic E-state index is 5.63. The lowest BCUT2D eigenvalue weighted by Crippen LogP contribution is -1.94. The van der Waals surface area contributed by atoms with Crippen molar-refractivity contribution in [2.75, 3.05) is 0 Å². The van der Waals surface area contributed by atoms with E-state index in [-0.39, 0.29) is 0 Å². The SMILES string of the molecule is CCc1ccc2[nH]cc(CN)c2c1. The number of aromatic amines is 1. The zero-order valence-electron chi connectivity index (χ0n) is 7.80. The molecule has 3 N–H and O–H groups in total. The van der Waals surface area contributed by atoms with Gasteiger partial charge in [-0.05, 0) is 29.7 Å². The van der Waals surface area contributed by atoms with Gasteiger partial charge in [-0.1, -0.05) is 13.0 Å². The van der Waals surface area contributed by atoms with Gasteiger partial charge >= 0.3 is 0 Å². The first kappa shape index (κ1) is 8.32. The smallest absolute Gasteiger partial charge is 0.0457 e. The second kappa shape index (κ2) is 3.23. The first-order chi connectivity index (χ1) is 6.35. The lowest BCUT2D eigenvalue weighted by atomic mass is 10.1. The highest BCUT2D eigenvalue weighted by Crippen LogP contribution is 2.19. The Labute approximate surface area is 77.8 Å². The molecule has 0 radical (unpaired) electrons. The fourth-order valence-electron chi connectivity index (χ4n) is 1.61. The van der Waals surface area contributed by atoms with Gasteiger partial charge in [0, 0.05) is 23.6 Å². The highest BCUT2D eigenvalue weighted by atomic mass is 14.7. The van der Waals surface area contributed by atoms with Crippen molar-refractivity contribution in [3.8, 4) is 0 Å². The van der Waals surface area contributed by atoms with Gasteiger partial charge in [0.25, 0.3) is 0 Å². The van der Waals surface area contributed by atoms with Crippen LogP contribution >= 0.6 is 0 Å². The first-order valence-electron chi connectivity index (χ1n) is 4.64. The van der Waals surface area contributed by atoms with Crippen LogP contribution in [0.25, 0.3) is 10.9 Å². The molecule has 0 aliphatic rings. The lowest BCUT2D eigenvalue weighted by molar-refractivity contribution is 1.08. The predicted octanol–water partition coefficient (Wildman–Crippen LogP) is 2.19. The van der Waals surface area contributed by atoms with Gasteiger partial charge < -0.3 is 10.7 Å². The molecule has 0 atom stereocenters. The van der Waals surface area contributed by atoms with Crippen LogP contribution in [0.4, 0.5) is 0 Å². The molecule has 1 aromatic carbocycles. The second-order valence-electron chi connectivity index (χ2n) is 3.25.